The molecule has 0 aliphatic rings. The van der Waals surface area contributed by atoms with E-state index >= 15 is 0 Å². The van der Waals surface area contributed by atoms with Crippen molar-refractivity contribution in [3.63, 3.8) is 0 Å². The number of rotatable bonds is 3. The summed E-state index contributed by atoms with van der Waals surface area (Å²) in [5, 5.41) is 4.60. The van der Waals surface area contributed by atoms with E-state index in [2.05, 4.69) is 10.3 Å². The fourth-order valence-corrected chi connectivity index (χ4v) is 2.62. The molecule has 3 nitrogen and oxygen atoms in total. The van der Waals surface area contributed by atoms with E-state index in [1.807, 2.05) is 55.5 Å². The smallest absolute Gasteiger partial charge is 0.253 e. The number of nitrogens with zero attached hydrogens (tertiary/aromatic N) is 1. The lowest BCUT2D eigenvalue weighted by Gasteiger charge is -2.15. The topological polar surface area (TPSA) is 42.0 Å². The molecule has 0 aliphatic carbocycles. The Balaban J connectivity index is 1.87. The van der Waals surface area contributed by atoms with Crippen LogP contribution in [0.15, 0.2) is 60.8 Å². The van der Waals surface area contributed by atoms with Crippen LogP contribution in [0.25, 0.3) is 10.9 Å². The van der Waals surface area contributed by atoms with Gasteiger partial charge in [-0.2, -0.15) is 0 Å². The lowest BCUT2D eigenvalue weighted by Crippen LogP contribution is -2.26. The molecule has 0 radical (unpaired) electrons. The van der Waals surface area contributed by atoms with Crippen molar-refractivity contribution in [2.45, 2.75) is 13.0 Å². The van der Waals surface area contributed by atoms with Crippen LogP contribution in [0.2, 0.25) is 5.02 Å². The van der Waals surface area contributed by atoms with Gasteiger partial charge in [-0.1, -0.05) is 41.9 Å². The number of fused-ring (bicyclic) bond motifs is 1. The van der Waals surface area contributed by atoms with Crippen LogP contribution in [-0.2, 0) is 0 Å². The number of carbonyl (C=O) groups excluding carboxylic acids is 1. The maximum atomic E-state index is 12.5. The fourth-order valence-electron chi connectivity index (χ4n) is 2.42. The third-order valence-electron chi connectivity index (χ3n) is 3.57. The summed E-state index contributed by atoms with van der Waals surface area (Å²) in [5.74, 6) is -0.142. The zero-order valence-electron chi connectivity index (χ0n) is 12.1. The summed E-state index contributed by atoms with van der Waals surface area (Å²) in [5.41, 5.74) is 2.25. The summed E-state index contributed by atoms with van der Waals surface area (Å²) in [6, 6.07) is 16.8. The molecule has 4 heteroatoms. The van der Waals surface area contributed by atoms with Crippen molar-refractivity contribution >= 4 is 28.4 Å². The standard InChI is InChI=1S/C18H15ClN2O/c1-12(14-6-2-8-15(19)11-14)21-18(22)16-9-3-5-13-7-4-10-20-17(13)16/h2-12H,1H3,(H,21,22). The van der Waals surface area contributed by atoms with E-state index < -0.39 is 0 Å². The quantitative estimate of drug-likeness (QED) is 0.780. The molecule has 0 bridgehead atoms. The van der Waals surface area contributed by atoms with E-state index in [1.165, 1.54) is 0 Å². The molecule has 2 aromatic carbocycles. The number of hydrogen-bond donors (Lipinski definition) is 1. The Hall–Kier alpha value is -2.39. The Bertz CT molecular complexity index is 827. The van der Waals surface area contributed by atoms with Gasteiger partial charge in [0.15, 0.2) is 0 Å². The van der Waals surface area contributed by atoms with Crippen LogP contribution in [0.5, 0.6) is 0 Å². The van der Waals surface area contributed by atoms with Crippen molar-refractivity contribution in [2.24, 2.45) is 0 Å². The molecular weight excluding hydrogens is 296 g/mol. The van der Waals surface area contributed by atoms with Crippen LogP contribution in [0, 0.1) is 0 Å². The Morgan fingerprint density at radius 1 is 1.14 bits per heavy atom. The van der Waals surface area contributed by atoms with E-state index in [9.17, 15) is 4.79 Å². The third kappa shape index (κ3) is 2.95. The SMILES string of the molecule is CC(NC(=O)c1cccc2cccnc12)c1cccc(Cl)c1. The van der Waals surface area contributed by atoms with Gasteiger partial charge in [0.2, 0.25) is 0 Å². The molecule has 0 fully saturated rings. The highest BCUT2D eigenvalue weighted by atomic mass is 35.5. The first-order valence-corrected chi connectivity index (χ1v) is 7.43. The van der Waals surface area contributed by atoms with E-state index in [0.717, 1.165) is 10.9 Å². The summed E-state index contributed by atoms with van der Waals surface area (Å²) < 4.78 is 0. The van der Waals surface area contributed by atoms with Gasteiger partial charge < -0.3 is 5.32 Å². The normalized spacial score (nSPS) is 12.1. The molecule has 1 N–H and O–H groups in total. The van der Waals surface area contributed by atoms with Crippen molar-refractivity contribution in [2.75, 3.05) is 0 Å². The van der Waals surface area contributed by atoms with Crippen molar-refractivity contribution in [3.8, 4) is 0 Å². The first-order chi connectivity index (χ1) is 10.6. The summed E-state index contributed by atoms with van der Waals surface area (Å²) >= 11 is 6.00. The molecule has 0 spiro atoms. The van der Waals surface area contributed by atoms with Gasteiger partial charge in [-0.25, -0.2) is 0 Å². The molecule has 0 aliphatic heterocycles. The van der Waals surface area contributed by atoms with Crippen molar-refractivity contribution < 1.29 is 4.79 Å². The molecular formula is C18H15ClN2O. The van der Waals surface area contributed by atoms with Gasteiger partial charge in [-0.15, -0.1) is 0 Å². The predicted molar refractivity (Wildman–Crippen MR) is 89.1 cm³/mol. The van der Waals surface area contributed by atoms with Crippen molar-refractivity contribution in [3.05, 3.63) is 76.9 Å². The molecule has 3 aromatic rings. The highest BCUT2D eigenvalue weighted by molar-refractivity contribution is 6.30. The Morgan fingerprint density at radius 2 is 1.91 bits per heavy atom. The zero-order chi connectivity index (χ0) is 15.5. The number of nitrogens with one attached hydrogen (secondary N) is 1. The van der Waals surface area contributed by atoms with Crippen LogP contribution in [0.1, 0.15) is 28.9 Å². The second-order valence-corrected chi connectivity index (χ2v) is 5.57. The maximum Gasteiger partial charge on any atom is 0.253 e. The molecule has 22 heavy (non-hydrogen) atoms. The van der Waals surface area contributed by atoms with Gasteiger partial charge in [0.1, 0.15) is 0 Å². The average Bonchev–Trinajstić information content (AvgIpc) is 2.54. The highest BCUT2D eigenvalue weighted by Gasteiger charge is 2.14. The second kappa shape index (κ2) is 6.16. The summed E-state index contributed by atoms with van der Waals surface area (Å²) in [7, 11) is 0. The predicted octanol–water partition coefficient (Wildman–Crippen LogP) is 4.38. The van der Waals surface area contributed by atoms with Gasteiger partial charge in [0.05, 0.1) is 17.1 Å². The first-order valence-electron chi connectivity index (χ1n) is 7.05. The van der Waals surface area contributed by atoms with Crippen molar-refractivity contribution in [1.82, 2.24) is 10.3 Å². The minimum absolute atomic E-state index is 0.134. The Morgan fingerprint density at radius 3 is 2.73 bits per heavy atom. The fraction of sp³-hybridized carbons (Fsp3) is 0.111. The Kier molecular flexibility index (Phi) is 4.07. The molecule has 1 heterocycles. The summed E-state index contributed by atoms with van der Waals surface area (Å²) in [4.78, 5) is 16.9. The molecule has 1 unspecified atom stereocenters. The number of amides is 1. The number of carbonyl (C=O) groups is 1. The number of pyridine rings is 1. The Labute approximate surface area is 133 Å². The van der Waals surface area contributed by atoms with Crippen molar-refractivity contribution in [1.29, 1.82) is 0 Å². The average molecular weight is 311 g/mol. The number of para-hydroxylation sites is 1. The lowest BCUT2D eigenvalue weighted by molar-refractivity contribution is 0.0941. The monoisotopic (exact) mass is 310 g/mol. The lowest BCUT2D eigenvalue weighted by atomic mass is 10.1. The molecule has 1 aromatic heterocycles. The summed E-state index contributed by atoms with van der Waals surface area (Å²) in [6.07, 6.45) is 1.69. The van der Waals surface area contributed by atoms with Gasteiger partial charge in [0, 0.05) is 16.6 Å². The van der Waals surface area contributed by atoms with Gasteiger partial charge >= 0.3 is 0 Å². The molecule has 1 amide bonds. The molecule has 3 rings (SSSR count). The number of benzene rings is 2. The van der Waals surface area contributed by atoms with E-state index in [-0.39, 0.29) is 11.9 Å². The minimum Gasteiger partial charge on any atom is -0.345 e. The molecule has 1 atom stereocenters. The molecule has 0 saturated heterocycles. The summed E-state index contributed by atoms with van der Waals surface area (Å²) in [6.45, 7) is 1.93. The molecule has 0 saturated carbocycles. The van der Waals surface area contributed by atoms with Crippen LogP contribution in [0.3, 0.4) is 0 Å². The zero-order valence-corrected chi connectivity index (χ0v) is 12.8. The first kappa shape index (κ1) is 14.5. The van der Waals surface area contributed by atoms with E-state index in [0.29, 0.717) is 16.1 Å². The van der Waals surface area contributed by atoms with Gasteiger partial charge in [0.25, 0.3) is 5.91 Å². The molecule has 110 valence electrons. The van der Waals surface area contributed by atoms with Crippen LogP contribution in [-0.4, -0.2) is 10.9 Å². The maximum absolute atomic E-state index is 12.5. The third-order valence-corrected chi connectivity index (χ3v) is 3.81. The number of halogens is 1. The number of hydrogen-bond acceptors (Lipinski definition) is 2. The van der Waals surface area contributed by atoms with Crippen LogP contribution < -0.4 is 5.32 Å². The van der Waals surface area contributed by atoms with Gasteiger partial charge in [-0.3, -0.25) is 9.78 Å². The van der Waals surface area contributed by atoms with Crippen LogP contribution >= 0.6 is 11.6 Å². The minimum atomic E-state index is -0.142. The highest BCUT2D eigenvalue weighted by Crippen LogP contribution is 2.20. The van der Waals surface area contributed by atoms with Crippen LogP contribution in [0.4, 0.5) is 0 Å². The number of aromatic nitrogens is 1. The van der Waals surface area contributed by atoms with Gasteiger partial charge in [-0.05, 0) is 36.8 Å². The van der Waals surface area contributed by atoms with E-state index in [1.54, 1.807) is 12.3 Å². The largest absolute Gasteiger partial charge is 0.345 e. The second-order valence-electron chi connectivity index (χ2n) is 5.13. The van der Waals surface area contributed by atoms with E-state index in [4.69, 9.17) is 11.6 Å².